The van der Waals surface area contributed by atoms with Gasteiger partial charge in [0.15, 0.2) is 16.6 Å². The molecule has 21 heavy (non-hydrogen) atoms. The fourth-order valence-electron chi connectivity index (χ4n) is 1.68. The minimum Gasteiger partial charge on any atom is -0.493 e. The Balaban J connectivity index is 2.16. The fourth-order valence-corrected chi connectivity index (χ4v) is 2.47. The molecule has 0 bridgehead atoms. The van der Waals surface area contributed by atoms with E-state index in [-0.39, 0.29) is 5.91 Å². The van der Waals surface area contributed by atoms with E-state index in [1.807, 2.05) is 0 Å². The number of aliphatic hydroxyl groups is 1. The molecular weight excluding hydrogens is 292 g/mol. The van der Waals surface area contributed by atoms with Crippen molar-refractivity contribution in [3.8, 4) is 11.5 Å². The first-order chi connectivity index (χ1) is 10.0. The third-order valence-electron chi connectivity index (χ3n) is 2.82. The maximum Gasteiger partial charge on any atom is 0.257 e. The van der Waals surface area contributed by atoms with E-state index in [4.69, 9.17) is 9.47 Å². The zero-order valence-electron chi connectivity index (χ0n) is 11.9. The molecule has 0 aliphatic rings. The Morgan fingerprint density at radius 2 is 2.05 bits per heavy atom. The smallest absolute Gasteiger partial charge is 0.257 e. The van der Waals surface area contributed by atoms with E-state index >= 15 is 0 Å². The Hall–Kier alpha value is -2.12. The minimum absolute atomic E-state index is 0.303. The number of benzene rings is 1. The number of aromatic nitrogens is 1. The number of anilines is 1. The summed E-state index contributed by atoms with van der Waals surface area (Å²) < 4.78 is 10.3. The number of thiazole rings is 1. The molecule has 0 radical (unpaired) electrons. The standard InChI is InChI=1S/C14H16N2O4S/c1-8(17)10-7-21-14(15-10)16-13(18)9-4-5-11(19-2)12(6-9)20-3/h4-8,17H,1-3H3,(H,15,16,18). The van der Waals surface area contributed by atoms with Gasteiger partial charge in [-0.3, -0.25) is 10.1 Å². The first-order valence-electron chi connectivity index (χ1n) is 6.22. The average molecular weight is 308 g/mol. The third kappa shape index (κ3) is 3.50. The second-order valence-electron chi connectivity index (χ2n) is 4.28. The molecule has 112 valence electrons. The van der Waals surface area contributed by atoms with Crippen LogP contribution in [0.25, 0.3) is 0 Å². The molecule has 2 rings (SSSR count). The van der Waals surface area contributed by atoms with Crippen molar-refractivity contribution in [1.82, 2.24) is 4.98 Å². The first kappa shape index (κ1) is 15.3. The van der Waals surface area contributed by atoms with Crippen molar-refractivity contribution in [3.63, 3.8) is 0 Å². The van der Waals surface area contributed by atoms with Crippen molar-refractivity contribution < 1.29 is 19.4 Å². The number of ether oxygens (including phenoxy) is 2. The van der Waals surface area contributed by atoms with E-state index in [9.17, 15) is 9.90 Å². The van der Waals surface area contributed by atoms with Gasteiger partial charge >= 0.3 is 0 Å². The summed E-state index contributed by atoms with van der Waals surface area (Å²) in [7, 11) is 3.04. The van der Waals surface area contributed by atoms with Gasteiger partial charge in [0.2, 0.25) is 0 Å². The van der Waals surface area contributed by atoms with Gasteiger partial charge in [0.05, 0.1) is 26.0 Å². The summed E-state index contributed by atoms with van der Waals surface area (Å²) in [5.74, 6) is 0.732. The number of carbonyl (C=O) groups excluding carboxylic acids is 1. The molecule has 1 aromatic heterocycles. The molecule has 1 unspecified atom stereocenters. The number of amides is 1. The maximum atomic E-state index is 12.2. The predicted octanol–water partition coefficient (Wildman–Crippen LogP) is 2.47. The Labute approximate surface area is 126 Å². The summed E-state index contributed by atoms with van der Waals surface area (Å²) >= 11 is 1.26. The van der Waals surface area contributed by atoms with Gasteiger partial charge in [0.1, 0.15) is 0 Å². The SMILES string of the molecule is COc1ccc(C(=O)Nc2nc(C(C)O)cs2)cc1OC. The summed E-state index contributed by atoms with van der Waals surface area (Å²) in [6, 6.07) is 4.90. The van der Waals surface area contributed by atoms with Gasteiger partial charge in [-0.2, -0.15) is 0 Å². The Kier molecular flexibility index (Phi) is 4.77. The molecule has 1 amide bonds. The van der Waals surface area contributed by atoms with Gasteiger partial charge < -0.3 is 14.6 Å². The Morgan fingerprint density at radius 3 is 2.62 bits per heavy atom. The second kappa shape index (κ2) is 6.55. The van der Waals surface area contributed by atoms with Crippen molar-refractivity contribution in [1.29, 1.82) is 0 Å². The monoisotopic (exact) mass is 308 g/mol. The first-order valence-corrected chi connectivity index (χ1v) is 7.10. The number of methoxy groups -OCH3 is 2. The highest BCUT2D eigenvalue weighted by atomic mass is 32.1. The lowest BCUT2D eigenvalue weighted by molar-refractivity contribution is 0.102. The molecule has 2 aromatic rings. The number of carbonyl (C=O) groups is 1. The van der Waals surface area contributed by atoms with E-state index in [0.717, 1.165) is 0 Å². The van der Waals surface area contributed by atoms with E-state index in [1.54, 1.807) is 30.5 Å². The van der Waals surface area contributed by atoms with Crippen LogP contribution in [-0.2, 0) is 0 Å². The lowest BCUT2D eigenvalue weighted by atomic mass is 10.2. The molecule has 0 fully saturated rings. The van der Waals surface area contributed by atoms with Crippen LogP contribution in [0, 0.1) is 0 Å². The predicted molar refractivity (Wildman–Crippen MR) is 80.2 cm³/mol. The van der Waals surface area contributed by atoms with Crippen molar-refractivity contribution in [2.24, 2.45) is 0 Å². The number of hydrogen-bond donors (Lipinski definition) is 2. The summed E-state index contributed by atoms with van der Waals surface area (Å²) in [4.78, 5) is 16.3. The quantitative estimate of drug-likeness (QED) is 0.887. The van der Waals surface area contributed by atoms with Gasteiger partial charge in [0.25, 0.3) is 5.91 Å². The lowest BCUT2D eigenvalue weighted by Gasteiger charge is -2.09. The molecule has 1 atom stereocenters. The summed E-state index contributed by atoms with van der Waals surface area (Å²) in [6.07, 6.45) is -0.659. The Morgan fingerprint density at radius 1 is 1.33 bits per heavy atom. The molecular formula is C14H16N2O4S. The van der Waals surface area contributed by atoms with Crippen molar-refractivity contribution in [3.05, 3.63) is 34.8 Å². The van der Waals surface area contributed by atoms with Crippen LogP contribution in [0.1, 0.15) is 29.1 Å². The van der Waals surface area contributed by atoms with Crippen LogP contribution in [0.2, 0.25) is 0 Å². The second-order valence-corrected chi connectivity index (χ2v) is 5.14. The highest BCUT2D eigenvalue weighted by Crippen LogP contribution is 2.28. The van der Waals surface area contributed by atoms with E-state index in [1.165, 1.54) is 25.6 Å². The molecule has 1 heterocycles. The Bertz CT molecular complexity index is 640. The van der Waals surface area contributed by atoms with Gasteiger partial charge in [-0.25, -0.2) is 4.98 Å². The van der Waals surface area contributed by atoms with Crippen LogP contribution in [0.4, 0.5) is 5.13 Å². The molecule has 2 N–H and O–H groups in total. The van der Waals surface area contributed by atoms with Crippen molar-refractivity contribution >= 4 is 22.4 Å². The maximum absolute atomic E-state index is 12.2. The summed E-state index contributed by atoms with van der Waals surface area (Å²) in [5, 5.41) is 14.2. The topological polar surface area (TPSA) is 80.7 Å². The van der Waals surface area contributed by atoms with Crippen LogP contribution in [0.15, 0.2) is 23.6 Å². The number of aliphatic hydroxyl groups excluding tert-OH is 1. The molecule has 0 saturated heterocycles. The van der Waals surface area contributed by atoms with Crippen LogP contribution in [0.5, 0.6) is 11.5 Å². The molecule has 0 spiro atoms. The number of nitrogens with zero attached hydrogens (tertiary/aromatic N) is 1. The van der Waals surface area contributed by atoms with Gasteiger partial charge in [-0.1, -0.05) is 0 Å². The number of hydrogen-bond acceptors (Lipinski definition) is 6. The highest BCUT2D eigenvalue weighted by molar-refractivity contribution is 7.14. The van der Waals surface area contributed by atoms with Gasteiger partial charge in [0, 0.05) is 10.9 Å². The van der Waals surface area contributed by atoms with Crippen LogP contribution in [-0.4, -0.2) is 30.2 Å². The molecule has 7 heteroatoms. The van der Waals surface area contributed by atoms with E-state index in [0.29, 0.717) is 27.9 Å². The van der Waals surface area contributed by atoms with Crippen LogP contribution in [0.3, 0.4) is 0 Å². The highest BCUT2D eigenvalue weighted by Gasteiger charge is 2.13. The molecule has 6 nitrogen and oxygen atoms in total. The van der Waals surface area contributed by atoms with E-state index < -0.39 is 6.10 Å². The molecule has 0 saturated carbocycles. The van der Waals surface area contributed by atoms with Crippen molar-refractivity contribution in [2.45, 2.75) is 13.0 Å². The van der Waals surface area contributed by atoms with E-state index in [2.05, 4.69) is 10.3 Å². The number of rotatable bonds is 5. The zero-order valence-corrected chi connectivity index (χ0v) is 12.7. The normalized spacial score (nSPS) is 11.8. The zero-order chi connectivity index (χ0) is 15.4. The molecule has 0 aliphatic heterocycles. The number of nitrogens with one attached hydrogen (secondary N) is 1. The largest absolute Gasteiger partial charge is 0.493 e. The molecule has 0 aliphatic carbocycles. The lowest BCUT2D eigenvalue weighted by Crippen LogP contribution is -2.12. The van der Waals surface area contributed by atoms with Gasteiger partial charge in [-0.05, 0) is 25.1 Å². The average Bonchev–Trinajstić information content (AvgIpc) is 2.95. The third-order valence-corrected chi connectivity index (χ3v) is 3.59. The summed E-state index contributed by atoms with van der Waals surface area (Å²) in [6.45, 7) is 1.62. The van der Waals surface area contributed by atoms with Crippen LogP contribution < -0.4 is 14.8 Å². The minimum atomic E-state index is -0.659. The van der Waals surface area contributed by atoms with Crippen molar-refractivity contribution in [2.75, 3.05) is 19.5 Å². The fraction of sp³-hybridized carbons (Fsp3) is 0.286. The summed E-state index contributed by atoms with van der Waals surface area (Å²) in [5.41, 5.74) is 0.962. The molecule has 1 aromatic carbocycles. The van der Waals surface area contributed by atoms with Gasteiger partial charge in [-0.15, -0.1) is 11.3 Å². The van der Waals surface area contributed by atoms with Crippen LogP contribution >= 0.6 is 11.3 Å².